The summed E-state index contributed by atoms with van der Waals surface area (Å²) in [4.78, 5) is 25.3. The molecule has 1 aliphatic rings. The van der Waals surface area contributed by atoms with E-state index >= 15 is 0 Å². The molecule has 1 fully saturated rings. The lowest BCUT2D eigenvalue weighted by Gasteiger charge is -2.31. The third-order valence-corrected chi connectivity index (χ3v) is 9.29. The number of esters is 1. The zero-order valence-electron chi connectivity index (χ0n) is 20.9. The van der Waals surface area contributed by atoms with Crippen molar-refractivity contribution in [1.29, 1.82) is 0 Å². The third-order valence-electron chi connectivity index (χ3n) is 8.11. The van der Waals surface area contributed by atoms with Gasteiger partial charge in [-0.1, -0.05) is 55.1 Å². The number of rotatable bonds is 6. The zero-order chi connectivity index (χ0) is 25.9. The van der Waals surface area contributed by atoms with Crippen molar-refractivity contribution in [2.45, 2.75) is 37.7 Å². The predicted octanol–water partition coefficient (Wildman–Crippen LogP) is 8.12. The lowest BCUT2D eigenvalue weighted by molar-refractivity contribution is -0.138. The fourth-order valence-electron chi connectivity index (χ4n) is 6.31. The molecule has 1 heterocycles. The molecule has 5 aromatic carbocycles. The van der Waals surface area contributed by atoms with Gasteiger partial charge < -0.3 is 9.47 Å². The molecule has 0 radical (unpaired) electrons. The van der Waals surface area contributed by atoms with Crippen molar-refractivity contribution < 1.29 is 14.3 Å². The van der Waals surface area contributed by atoms with Crippen LogP contribution >= 0.6 is 11.3 Å². The summed E-state index contributed by atoms with van der Waals surface area (Å²) >= 11 is 1.72. The average Bonchev–Trinajstić information content (AvgIpc) is 3.41. The maximum Gasteiger partial charge on any atom is 0.330 e. The van der Waals surface area contributed by atoms with Crippen LogP contribution in [0.4, 0.5) is 0 Å². The van der Waals surface area contributed by atoms with Crippen LogP contribution in [0.3, 0.4) is 0 Å². The molecule has 5 heteroatoms. The predicted molar refractivity (Wildman–Crippen MR) is 157 cm³/mol. The molecule has 0 unspecified atom stereocenters. The van der Waals surface area contributed by atoms with E-state index in [1.807, 2.05) is 30.3 Å². The standard InChI is InChI=1S/C33H26O4S/c1-2-28(34)36-18-17-33(15-7-8-16-33)37-26-19-25-20-9-3-4-11-23(20)31(35)24-14-13-22-21-10-5-6-12-27(21)38-32(26)30(22)29(24)25/h2-6,9-14,19H,1,7-8,15-18H2. The Labute approximate surface area is 223 Å². The molecule has 0 bridgehead atoms. The van der Waals surface area contributed by atoms with Gasteiger partial charge in [0.1, 0.15) is 11.4 Å². The van der Waals surface area contributed by atoms with E-state index in [2.05, 4.69) is 43.0 Å². The van der Waals surface area contributed by atoms with Crippen molar-refractivity contribution in [2.75, 3.05) is 6.61 Å². The topological polar surface area (TPSA) is 52.6 Å². The summed E-state index contributed by atoms with van der Waals surface area (Å²) in [5.74, 6) is 0.431. The Morgan fingerprint density at radius 3 is 2.37 bits per heavy atom. The van der Waals surface area contributed by atoms with Gasteiger partial charge >= 0.3 is 5.97 Å². The Hall–Kier alpha value is -3.96. The SMILES string of the molecule is C=CC(=O)OCCC1(Oc2cc3c4ccccc4c(=O)c4ccc5c6ccccc6sc2c5c43)CCCC1. The van der Waals surface area contributed by atoms with Crippen molar-refractivity contribution in [3.63, 3.8) is 0 Å². The highest BCUT2D eigenvalue weighted by atomic mass is 32.1. The molecular formula is C33H26O4S. The molecule has 188 valence electrons. The number of benzene rings is 5. The Kier molecular flexibility index (Phi) is 5.38. The van der Waals surface area contributed by atoms with E-state index in [0.29, 0.717) is 13.0 Å². The van der Waals surface area contributed by atoms with Gasteiger partial charge in [-0.05, 0) is 65.4 Å². The quantitative estimate of drug-likeness (QED) is 0.0967. The van der Waals surface area contributed by atoms with Crippen molar-refractivity contribution in [2.24, 2.45) is 0 Å². The monoisotopic (exact) mass is 518 g/mol. The molecule has 0 aliphatic heterocycles. The maximum atomic E-state index is 13.6. The van der Waals surface area contributed by atoms with Crippen LogP contribution in [-0.2, 0) is 9.53 Å². The third kappa shape index (κ3) is 3.49. The van der Waals surface area contributed by atoms with E-state index in [4.69, 9.17) is 9.47 Å². The van der Waals surface area contributed by atoms with Gasteiger partial charge in [0.2, 0.25) is 0 Å². The largest absolute Gasteiger partial charge is 0.486 e. The van der Waals surface area contributed by atoms with E-state index in [1.165, 1.54) is 16.2 Å². The molecule has 0 saturated heterocycles. The average molecular weight is 519 g/mol. The van der Waals surface area contributed by atoms with Crippen molar-refractivity contribution in [1.82, 2.24) is 0 Å². The smallest absolute Gasteiger partial charge is 0.330 e. The minimum Gasteiger partial charge on any atom is -0.486 e. The number of hydrogen-bond donors (Lipinski definition) is 0. The van der Waals surface area contributed by atoms with Crippen molar-refractivity contribution >= 4 is 69.8 Å². The fourth-order valence-corrected chi connectivity index (χ4v) is 7.48. The van der Waals surface area contributed by atoms with Crippen molar-refractivity contribution in [3.05, 3.63) is 89.6 Å². The van der Waals surface area contributed by atoms with Gasteiger partial charge in [0, 0.05) is 38.7 Å². The van der Waals surface area contributed by atoms with Gasteiger partial charge in [0.25, 0.3) is 0 Å². The highest BCUT2D eigenvalue weighted by Gasteiger charge is 2.37. The molecule has 38 heavy (non-hydrogen) atoms. The van der Waals surface area contributed by atoms with E-state index in [9.17, 15) is 9.59 Å². The molecule has 0 N–H and O–H groups in total. The second-order valence-corrected chi connectivity index (χ2v) is 11.3. The lowest BCUT2D eigenvalue weighted by Crippen LogP contribution is -2.34. The first kappa shape index (κ1) is 23.2. The lowest BCUT2D eigenvalue weighted by atomic mass is 9.91. The first-order valence-electron chi connectivity index (χ1n) is 13.1. The molecule has 7 rings (SSSR count). The molecule has 0 amide bonds. The molecule has 6 aromatic rings. The summed E-state index contributed by atoms with van der Waals surface area (Å²) in [5, 5.41) is 7.87. The normalized spacial score (nSPS) is 15.2. The summed E-state index contributed by atoms with van der Waals surface area (Å²) in [7, 11) is 0. The molecular weight excluding hydrogens is 492 g/mol. The minimum absolute atomic E-state index is 0.0689. The van der Waals surface area contributed by atoms with Crippen LogP contribution in [0.1, 0.15) is 32.1 Å². The van der Waals surface area contributed by atoms with Gasteiger partial charge in [-0.25, -0.2) is 4.79 Å². The van der Waals surface area contributed by atoms with Crippen LogP contribution in [0.25, 0.3) is 52.5 Å². The highest BCUT2D eigenvalue weighted by Crippen LogP contribution is 2.48. The molecule has 0 atom stereocenters. The highest BCUT2D eigenvalue weighted by molar-refractivity contribution is 7.25. The van der Waals surface area contributed by atoms with Crippen LogP contribution in [0.15, 0.2) is 84.2 Å². The first-order chi connectivity index (χ1) is 18.6. The van der Waals surface area contributed by atoms with Crippen LogP contribution in [0, 0.1) is 0 Å². The Morgan fingerprint density at radius 1 is 0.868 bits per heavy atom. The summed E-state index contributed by atoms with van der Waals surface area (Å²) in [6.45, 7) is 3.80. The molecule has 4 nitrogen and oxygen atoms in total. The zero-order valence-corrected chi connectivity index (χ0v) is 21.7. The van der Waals surface area contributed by atoms with E-state index in [-0.39, 0.29) is 5.43 Å². The van der Waals surface area contributed by atoms with E-state index in [1.54, 1.807) is 11.3 Å². The second kappa shape index (κ2) is 8.81. The Morgan fingerprint density at radius 2 is 1.58 bits per heavy atom. The van der Waals surface area contributed by atoms with Gasteiger partial charge in [0.05, 0.1) is 11.3 Å². The summed E-state index contributed by atoms with van der Waals surface area (Å²) < 4.78 is 14.6. The second-order valence-electron chi connectivity index (χ2n) is 10.2. The Bertz CT molecular complexity index is 1940. The van der Waals surface area contributed by atoms with Crippen LogP contribution in [0.2, 0.25) is 0 Å². The van der Waals surface area contributed by atoms with Crippen LogP contribution in [0.5, 0.6) is 5.75 Å². The van der Waals surface area contributed by atoms with Gasteiger partial charge in [-0.2, -0.15) is 0 Å². The number of fused-ring (bicyclic) bond motifs is 4. The van der Waals surface area contributed by atoms with Gasteiger partial charge in [0.15, 0.2) is 5.43 Å². The van der Waals surface area contributed by atoms with Gasteiger partial charge in [-0.15, -0.1) is 11.3 Å². The first-order valence-corrected chi connectivity index (χ1v) is 13.9. The Balaban J connectivity index is 1.53. The summed E-state index contributed by atoms with van der Waals surface area (Å²) in [6, 6.07) is 22.5. The summed E-state index contributed by atoms with van der Waals surface area (Å²) in [5.41, 5.74) is -0.336. The maximum absolute atomic E-state index is 13.6. The number of hydrogen-bond acceptors (Lipinski definition) is 5. The number of carbonyl (C=O) groups is 1. The van der Waals surface area contributed by atoms with Gasteiger partial charge in [-0.3, -0.25) is 4.79 Å². The van der Waals surface area contributed by atoms with Crippen LogP contribution in [-0.4, -0.2) is 18.2 Å². The van der Waals surface area contributed by atoms with Crippen LogP contribution < -0.4 is 10.2 Å². The fraction of sp³-hybridized carbons (Fsp3) is 0.212. The summed E-state index contributed by atoms with van der Waals surface area (Å²) in [6.07, 6.45) is 5.81. The number of carbonyl (C=O) groups excluding carboxylic acids is 1. The number of ether oxygens (including phenoxy) is 2. The minimum atomic E-state index is -0.408. The molecule has 1 saturated carbocycles. The van der Waals surface area contributed by atoms with Crippen molar-refractivity contribution in [3.8, 4) is 5.75 Å². The molecule has 1 aliphatic carbocycles. The molecule has 0 spiro atoms. The molecule has 1 aromatic heterocycles. The van der Waals surface area contributed by atoms with E-state index in [0.717, 1.165) is 73.8 Å². The van der Waals surface area contributed by atoms with E-state index < -0.39 is 11.6 Å².